The number of aryl methyl sites for hydroxylation is 3. The van der Waals surface area contributed by atoms with Crippen molar-refractivity contribution in [3.8, 4) is 0 Å². The summed E-state index contributed by atoms with van der Waals surface area (Å²) in [4.78, 5) is 25.6. The molecule has 25 heavy (non-hydrogen) atoms. The van der Waals surface area contributed by atoms with E-state index in [4.69, 9.17) is 4.74 Å². The minimum absolute atomic E-state index is 0.0195. The van der Waals surface area contributed by atoms with Gasteiger partial charge in [-0.05, 0) is 51.7 Å². The first-order valence-electron chi connectivity index (χ1n) is 8.93. The van der Waals surface area contributed by atoms with Crippen LogP contribution < -0.4 is 10.6 Å². The highest BCUT2D eigenvalue weighted by molar-refractivity contribution is 5.81. The summed E-state index contributed by atoms with van der Waals surface area (Å²) in [6, 6.07) is 4.33. The number of carbonyl (C=O) groups excluding carboxylic acids is 2. The van der Waals surface area contributed by atoms with Gasteiger partial charge in [0.15, 0.2) is 0 Å². The average Bonchev–Trinajstić information content (AvgIpc) is 2.54. The molecule has 0 aromatic heterocycles. The Kier molecular flexibility index (Phi) is 6.67. The van der Waals surface area contributed by atoms with Crippen LogP contribution in [-0.4, -0.2) is 49.2 Å². The van der Waals surface area contributed by atoms with Gasteiger partial charge in [0.1, 0.15) is 0 Å². The zero-order chi connectivity index (χ0) is 18.4. The van der Waals surface area contributed by atoms with Crippen molar-refractivity contribution in [2.75, 3.05) is 31.6 Å². The summed E-state index contributed by atoms with van der Waals surface area (Å²) in [5.74, 6) is -0.0195. The molecular formula is C19H29N3O3. The Morgan fingerprint density at radius 3 is 2.32 bits per heavy atom. The van der Waals surface area contributed by atoms with Crippen LogP contribution in [0.5, 0.6) is 0 Å². The number of amides is 2. The van der Waals surface area contributed by atoms with Gasteiger partial charge in [-0.2, -0.15) is 0 Å². The first-order valence-corrected chi connectivity index (χ1v) is 8.93. The van der Waals surface area contributed by atoms with Gasteiger partial charge in [-0.3, -0.25) is 4.79 Å². The van der Waals surface area contributed by atoms with Crippen molar-refractivity contribution in [3.05, 3.63) is 28.8 Å². The summed E-state index contributed by atoms with van der Waals surface area (Å²) in [6.45, 7) is 9.84. The van der Waals surface area contributed by atoms with E-state index in [0.29, 0.717) is 19.7 Å². The summed E-state index contributed by atoms with van der Waals surface area (Å²) in [6.07, 6.45) is 1.25. The lowest BCUT2D eigenvalue weighted by Gasteiger charge is -2.31. The quantitative estimate of drug-likeness (QED) is 0.859. The minimum Gasteiger partial charge on any atom is -0.450 e. The first-order chi connectivity index (χ1) is 11.9. The van der Waals surface area contributed by atoms with Crippen LogP contribution in [0.1, 0.15) is 36.5 Å². The monoisotopic (exact) mass is 347 g/mol. The molecular weight excluding hydrogens is 318 g/mol. The average molecular weight is 347 g/mol. The topological polar surface area (TPSA) is 70.7 Å². The normalized spacial score (nSPS) is 15.0. The third-order valence-electron chi connectivity index (χ3n) is 4.49. The maximum Gasteiger partial charge on any atom is 0.409 e. The molecule has 138 valence electrons. The lowest BCUT2D eigenvalue weighted by atomic mass is 10.0. The zero-order valence-corrected chi connectivity index (χ0v) is 15.6. The number of benzene rings is 1. The van der Waals surface area contributed by atoms with Crippen LogP contribution in [-0.2, 0) is 9.53 Å². The van der Waals surface area contributed by atoms with Gasteiger partial charge in [-0.1, -0.05) is 17.7 Å². The number of hydrogen-bond acceptors (Lipinski definition) is 4. The van der Waals surface area contributed by atoms with Crippen LogP contribution in [0.25, 0.3) is 0 Å². The summed E-state index contributed by atoms with van der Waals surface area (Å²) in [5, 5.41) is 6.30. The van der Waals surface area contributed by atoms with Crippen molar-refractivity contribution in [2.45, 2.75) is 46.6 Å². The van der Waals surface area contributed by atoms with Crippen LogP contribution in [0.2, 0.25) is 0 Å². The van der Waals surface area contributed by atoms with Crippen molar-refractivity contribution in [1.82, 2.24) is 10.2 Å². The van der Waals surface area contributed by atoms with Crippen LogP contribution in [0.4, 0.5) is 10.5 Å². The molecule has 2 rings (SSSR count). The summed E-state index contributed by atoms with van der Waals surface area (Å²) in [5.41, 5.74) is 4.54. The number of ether oxygens (including phenoxy) is 1. The highest BCUT2D eigenvalue weighted by Gasteiger charge is 2.24. The second-order valence-corrected chi connectivity index (χ2v) is 6.66. The number of nitrogens with zero attached hydrogens (tertiary/aromatic N) is 1. The Bertz CT molecular complexity index is 599. The minimum atomic E-state index is -0.265. The lowest BCUT2D eigenvalue weighted by Crippen LogP contribution is -2.47. The molecule has 1 aliphatic heterocycles. The van der Waals surface area contributed by atoms with E-state index < -0.39 is 0 Å². The number of nitrogens with one attached hydrogen (secondary N) is 2. The highest BCUT2D eigenvalue weighted by atomic mass is 16.6. The van der Waals surface area contributed by atoms with Crippen molar-refractivity contribution in [1.29, 1.82) is 0 Å². The summed E-state index contributed by atoms with van der Waals surface area (Å²) >= 11 is 0. The molecule has 1 aromatic rings. The Labute approximate surface area is 149 Å². The summed E-state index contributed by atoms with van der Waals surface area (Å²) < 4.78 is 5.01. The van der Waals surface area contributed by atoms with Crippen LogP contribution in [0.3, 0.4) is 0 Å². The van der Waals surface area contributed by atoms with Crippen molar-refractivity contribution in [3.63, 3.8) is 0 Å². The van der Waals surface area contributed by atoms with E-state index >= 15 is 0 Å². The van der Waals surface area contributed by atoms with Gasteiger partial charge < -0.3 is 20.3 Å². The molecule has 1 heterocycles. The Morgan fingerprint density at radius 2 is 1.76 bits per heavy atom. The molecule has 1 saturated heterocycles. The van der Waals surface area contributed by atoms with Crippen LogP contribution in [0, 0.1) is 20.8 Å². The van der Waals surface area contributed by atoms with E-state index in [0.717, 1.165) is 29.7 Å². The van der Waals surface area contributed by atoms with E-state index in [9.17, 15) is 9.59 Å². The van der Waals surface area contributed by atoms with Gasteiger partial charge in [-0.25, -0.2) is 4.79 Å². The molecule has 0 saturated carbocycles. The maximum atomic E-state index is 12.2. The SMILES string of the molecule is CCOC(=O)N1CCC(NC(=O)CNc2c(C)cc(C)cc2C)CC1. The number of hydrogen-bond donors (Lipinski definition) is 2. The Balaban J connectivity index is 1.78. The van der Waals surface area contributed by atoms with Gasteiger partial charge in [0, 0.05) is 24.8 Å². The molecule has 0 radical (unpaired) electrons. The number of carbonyl (C=O) groups is 2. The smallest absolute Gasteiger partial charge is 0.409 e. The molecule has 1 fully saturated rings. The predicted molar refractivity (Wildman–Crippen MR) is 98.9 cm³/mol. The van der Waals surface area contributed by atoms with E-state index in [1.807, 2.05) is 13.8 Å². The molecule has 1 aromatic carbocycles. The third-order valence-corrected chi connectivity index (χ3v) is 4.49. The van der Waals surface area contributed by atoms with Crippen molar-refractivity contribution < 1.29 is 14.3 Å². The standard InChI is InChI=1S/C19H29N3O3/c1-5-25-19(24)22-8-6-16(7-9-22)21-17(23)12-20-18-14(3)10-13(2)11-15(18)4/h10-11,16,20H,5-9,12H2,1-4H3,(H,21,23). The molecule has 0 bridgehead atoms. The van der Waals surface area contributed by atoms with Gasteiger partial charge in [-0.15, -0.1) is 0 Å². The number of piperidine rings is 1. The van der Waals surface area contributed by atoms with Crippen molar-refractivity contribution >= 4 is 17.7 Å². The van der Waals surface area contributed by atoms with E-state index in [-0.39, 0.29) is 24.6 Å². The molecule has 0 spiro atoms. The van der Waals surface area contributed by atoms with Crippen molar-refractivity contribution in [2.24, 2.45) is 0 Å². The Hall–Kier alpha value is -2.24. The molecule has 0 aliphatic carbocycles. The fourth-order valence-electron chi connectivity index (χ4n) is 3.33. The third kappa shape index (κ3) is 5.37. The second-order valence-electron chi connectivity index (χ2n) is 6.66. The van der Waals surface area contributed by atoms with E-state index in [2.05, 4.69) is 29.7 Å². The van der Waals surface area contributed by atoms with Gasteiger partial charge in [0.05, 0.1) is 13.2 Å². The Morgan fingerprint density at radius 1 is 1.16 bits per heavy atom. The first kappa shape index (κ1) is 19.1. The van der Waals surface area contributed by atoms with E-state index in [1.54, 1.807) is 11.8 Å². The molecule has 6 nitrogen and oxygen atoms in total. The van der Waals surface area contributed by atoms with Gasteiger partial charge in [0.25, 0.3) is 0 Å². The molecule has 0 atom stereocenters. The van der Waals surface area contributed by atoms with Gasteiger partial charge >= 0.3 is 6.09 Å². The maximum absolute atomic E-state index is 12.2. The number of anilines is 1. The lowest BCUT2D eigenvalue weighted by molar-refractivity contribution is -0.120. The predicted octanol–water partition coefficient (Wildman–Crippen LogP) is 2.76. The number of likely N-dealkylation sites (tertiary alicyclic amines) is 1. The fraction of sp³-hybridized carbons (Fsp3) is 0.579. The van der Waals surface area contributed by atoms with Crippen LogP contribution >= 0.6 is 0 Å². The molecule has 6 heteroatoms. The number of rotatable bonds is 5. The largest absolute Gasteiger partial charge is 0.450 e. The molecule has 0 unspecified atom stereocenters. The van der Waals surface area contributed by atoms with E-state index in [1.165, 1.54) is 5.56 Å². The molecule has 1 aliphatic rings. The molecule has 2 amide bonds. The molecule has 2 N–H and O–H groups in total. The fourth-order valence-corrected chi connectivity index (χ4v) is 3.33. The summed E-state index contributed by atoms with van der Waals surface area (Å²) in [7, 11) is 0. The van der Waals surface area contributed by atoms with Crippen LogP contribution in [0.15, 0.2) is 12.1 Å². The van der Waals surface area contributed by atoms with Gasteiger partial charge in [0.2, 0.25) is 5.91 Å². The highest BCUT2D eigenvalue weighted by Crippen LogP contribution is 2.21. The zero-order valence-electron chi connectivity index (χ0n) is 15.6. The second kappa shape index (κ2) is 8.74.